The summed E-state index contributed by atoms with van der Waals surface area (Å²) >= 11 is 0. The fourth-order valence-corrected chi connectivity index (χ4v) is 4.57. The summed E-state index contributed by atoms with van der Waals surface area (Å²) in [6.07, 6.45) is 3.50. The number of piperazine rings is 1. The van der Waals surface area contributed by atoms with Gasteiger partial charge in [0.05, 0.1) is 5.56 Å². The van der Waals surface area contributed by atoms with E-state index in [-0.39, 0.29) is 11.4 Å². The van der Waals surface area contributed by atoms with Crippen molar-refractivity contribution in [2.75, 3.05) is 47.6 Å². The van der Waals surface area contributed by atoms with Crippen LogP contribution in [-0.4, -0.2) is 73.4 Å². The average Bonchev–Trinajstić information content (AvgIpc) is 3.58. The summed E-state index contributed by atoms with van der Waals surface area (Å²) in [7, 11) is -3.38. The Labute approximate surface area is 186 Å². The first-order chi connectivity index (χ1) is 15.4. The molecule has 2 aromatic rings. The fraction of sp³-hybridized carbons (Fsp3) is 0.400. The second-order valence-corrected chi connectivity index (χ2v) is 9.70. The largest absolute Gasteiger partial charge is 0.369 e. The van der Waals surface area contributed by atoms with E-state index in [9.17, 15) is 13.2 Å². The molecule has 1 aliphatic carbocycles. The van der Waals surface area contributed by atoms with Gasteiger partial charge >= 0.3 is 0 Å². The van der Waals surface area contributed by atoms with Crippen LogP contribution in [0.15, 0.2) is 35.5 Å². The van der Waals surface area contributed by atoms with Crippen molar-refractivity contribution in [2.45, 2.75) is 18.9 Å². The number of rotatable bonds is 9. The minimum Gasteiger partial charge on any atom is -0.369 e. The molecule has 12 heteroatoms. The molecular formula is C20H26N8O3S. The molecule has 170 valence electrons. The number of carbonyl (C=O) groups excluding carboxylic acids is 1. The zero-order valence-electron chi connectivity index (χ0n) is 17.6. The number of aromatic nitrogens is 2. The summed E-state index contributed by atoms with van der Waals surface area (Å²) in [5, 5.41) is 6.35. The summed E-state index contributed by atoms with van der Waals surface area (Å²) < 4.78 is 25.7. The Morgan fingerprint density at radius 1 is 1.19 bits per heavy atom. The number of aliphatic imine (C=N–C) groups is 1. The molecule has 1 amide bonds. The highest BCUT2D eigenvalue weighted by Gasteiger charge is 2.27. The molecule has 4 rings (SSSR count). The maximum atomic E-state index is 12.1. The van der Waals surface area contributed by atoms with Gasteiger partial charge < -0.3 is 21.3 Å². The van der Waals surface area contributed by atoms with Crippen molar-refractivity contribution < 1.29 is 13.2 Å². The molecule has 1 saturated heterocycles. The molecule has 0 radical (unpaired) electrons. The molecule has 32 heavy (non-hydrogen) atoms. The molecule has 0 bridgehead atoms. The van der Waals surface area contributed by atoms with Crippen molar-refractivity contribution >= 4 is 45.8 Å². The van der Waals surface area contributed by atoms with Gasteiger partial charge in [0, 0.05) is 49.8 Å². The maximum Gasteiger partial charge on any atom is 0.254 e. The van der Waals surface area contributed by atoms with Gasteiger partial charge in [-0.3, -0.25) is 9.79 Å². The van der Waals surface area contributed by atoms with Gasteiger partial charge in [-0.2, -0.15) is 9.29 Å². The Morgan fingerprint density at radius 3 is 2.47 bits per heavy atom. The molecule has 2 fully saturated rings. The van der Waals surface area contributed by atoms with E-state index in [1.807, 2.05) is 24.3 Å². The summed E-state index contributed by atoms with van der Waals surface area (Å²) in [6.45, 7) is 5.28. The quantitative estimate of drug-likeness (QED) is 0.472. The van der Waals surface area contributed by atoms with Crippen LogP contribution in [0.1, 0.15) is 23.2 Å². The van der Waals surface area contributed by atoms with Crippen LogP contribution < -0.4 is 21.3 Å². The predicted octanol–water partition coefficient (Wildman–Crippen LogP) is 1.00. The lowest BCUT2D eigenvalue weighted by Gasteiger charge is -2.35. The third-order valence-corrected chi connectivity index (χ3v) is 7.01. The number of hydrogen-bond donors (Lipinski definition) is 3. The van der Waals surface area contributed by atoms with Crippen LogP contribution >= 0.6 is 0 Å². The number of amides is 1. The zero-order valence-corrected chi connectivity index (χ0v) is 18.4. The molecule has 11 nitrogen and oxygen atoms in total. The summed E-state index contributed by atoms with van der Waals surface area (Å²) in [4.78, 5) is 25.9. The molecule has 0 unspecified atom stereocenters. The van der Waals surface area contributed by atoms with Crippen LogP contribution in [0.2, 0.25) is 0 Å². The highest BCUT2D eigenvalue weighted by Crippen LogP contribution is 2.27. The molecule has 2 aliphatic rings. The lowest BCUT2D eigenvalue weighted by Crippen LogP contribution is -2.49. The van der Waals surface area contributed by atoms with Gasteiger partial charge in [0.1, 0.15) is 5.82 Å². The standard InChI is InChI=1S/C20H26N8O3S/c1-22-13-32(30,31)28-10-8-27(9-11-28)16-6-4-15(5-7-16)25-20-23-12-17(18(21)29)19(26-20)24-14-2-3-14/h4-7,12,14H,1-3,8-11,13H2,(H2,21,29)(H2,23,24,25,26). The number of primary amides is 1. The third-order valence-electron chi connectivity index (χ3n) is 5.35. The highest BCUT2D eigenvalue weighted by molar-refractivity contribution is 7.89. The Hall–Kier alpha value is -3.25. The minimum absolute atomic E-state index is 0.267. The molecule has 1 aliphatic heterocycles. The van der Waals surface area contributed by atoms with Gasteiger partial charge in [0.15, 0.2) is 5.88 Å². The van der Waals surface area contributed by atoms with Crippen molar-refractivity contribution in [3.63, 3.8) is 0 Å². The molecular weight excluding hydrogens is 432 g/mol. The average molecular weight is 459 g/mol. The van der Waals surface area contributed by atoms with Gasteiger partial charge in [-0.25, -0.2) is 13.4 Å². The fourth-order valence-electron chi connectivity index (χ4n) is 3.46. The first-order valence-electron chi connectivity index (χ1n) is 10.3. The maximum absolute atomic E-state index is 12.1. The number of hydrogen-bond acceptors (Lipinski definition) is 9. The van der Waals surface area contributed by atoms with Gasteiger partial charge in [-0.1, -0.05) is 0 Å². The number of sulfonamides is 1. The number of nitrogens with one attached hydrogen (secondary N) is 2. The van der Waals surface area contributed by atoms with E-state index < -0.39 is 15.9 Å². The molecule has 4 N–H and O–H groups in total. The van der Waals surface area contributed by atoms with Crippen molar-refractivity contribution in [3.05, 3.63) is 36.0 Å². The first kappa shape index (κ1) is 22.0. The molecule has 2 heterocycles. The van der Waals surface area contributed by atoms with E-state index in [4.69, 9.17) is 5.73 Å². The van der Waals surface area contributed by atoms with Crippen molar-refractivity contribution in [2.24, 2.45) is 10.7 Å². The molecule has 0 atom stereocenters. The SMILES string of the molecule is C=NCS(=O)(=O)N1CCN(c2ccc(Nc3ncc(C(N)=O)c(NC4CC4)n3)cc2)CC1. The third kappa shape index (κ3) is 5.14. The van der Waals surface area contributed by atoms with Crippen LogP contribution in [-0.2, 0) is 10.0 Å². The molecule has 1 aromatic carbocycles. The Bertz CT molecular complexity index is 1090. The second-order valence-electron chi connectivity index (χ2n) is 7.76. The van der Waals surface area contributed by atoms with E-state index in [1.54, 1.807) is 0 Å². The second kappa shape index (κ2) is 9.09. The summed E-state index contributed by atoms with van der Waals surface area (Å²) in [5.41, 5.74) is 7.47. The van der Waals surface area contributed by atoms with E-state index in [0.29, 0.717) is 44.0 Å². The van der Waals surface area contributed by atoms with Crippen LogP contribution in [0.5, 0.6) is 0 Å². The van der Waals surface area contributed by atoms with E-state index >= 15 is 0 Å². The van der Waals surface area contributed by atoms with E-state index in [0.717, 1.165) is 24.2 Å². The molecule has 1 aromatic heterocycles. The van der Waals surface area contributed by atoms with Gasteiger partial charge in [-0.05, 0) is 43.8 Å². The van der Waals surface area contributed by atoms with Gasteiger partial charge in [0.2, 0.25) is 16.0 Å². The predicted molar refractivity (Wildman–Crippen MR) is 124 cm³/mol. The van der Waals surface area contributed by atoms with Crippen molar-refractivity contribution in [3.8, 4) is 0 Å². The van der Waals surface area contributed by atoms with Gasteiger partial charge in [-0.15, -0.1) is 0 Å². The molecule has 1 saturated carbocycles. The Balaban J connectivity index is 1.39. The smallest absolute Gasteiger partial charge is 0.254 e. The normalized spacial score (nSPS) is 17.1. The lowest BCUT2D eigenvalue weighted by molar-refractivity contribution is 0.100. The van der Waals surface area contributed by atoms with Crippen LogP contribution in [0, 0.1) is 0 Å². The number of benzene rings is 1. The Morgan fingerprint density at radius 2 is 1.88 bits per heavy atom. The monoisotopic (exact) mass is 458 g/mol. The van der Waals surface area contributed by atoms with E-state index in [1.165, 1.54) is 10.5 Å². The number of carbonyl (C=O) groups is 1. The van der Waals surface area contributed by atoms with Gasteiger partial charge in [0.25, 0.3) is 5.91 Å². The summed E-state index contributed by atoms with van der Waals surface area (Å²) in [5.74, 6) is -0.0554. The van der Waals surface area contributed by atoms with E-state index in [2.05, 4.69) is 37.2 Å². The zero-order chi connectivity index (χ0) is 22.7. The van der Waals surface area contributed by atoms with Crippen LogP contribution in [0.4, 0.5) is 23.1 Å². The Kier molecular flexibility index (Phi) is 6.24. The lowest BCUT2D eigenvalue weighted by atomic mass is 10.2. The number of anilines is 4. The first-order valence-corrected chi connectivity index (χ1v) is 11.9. The number of nitrogens with two attached hydrogens (primary N) is 1. The minimum atomic E-state index is -3.38. The van der Waals surface area contributed by atoms with Crippen LogP contribution in [0.25, 0.3) is 0 Å². The van der Waals surface area contributed by atoms with Crippen molar-refractivity contribution in [1.29, 1.82) is 0 Å². The van der Waals surface area contributed by atoms with Crippen molar-refractivity contribution in [1.82, 2.24) is 14.3 Å². The molecule has 0 spiro atoms. The highest BCUT2D eigenvalue weighted by atomic mass is 32.2. The van der Waals surface area contributed by atoms with Crippen LogP contribution in [0.3, 0.4) is 0 Å². The number of nitrogens with zero attached hydrogens (tertiary/aromatic N) is 5. The topological polar surface area (TPSA) is 146 Å². The summed E-state index contributed by atoms with van der Waals surface area (Å²) in [6, 6.07) is 8.04.